The number of anilines is 1. The Hall–Kier alpha value is -2.40. The molecule has 0 aliphatic carbocycles. The zero-order valence-corrected chi connectivity index (χ0v) is 16.3. The molecular formula is C23H29N3O2. The molecule has 1 aromatic heterocycles. The van der Waals surface area contributed by atoms with E-state index in [1.807, 2.05) is 12.1 Å². The van der Waals surface area contributed by atoms with Gasteiger partial charge in [0.05, 0.1) is 11.7 Å². The smallest absolute Gasteiger partial charge is 0.252 e. The first-order chi connectivity index (χ1) is 13.8. The van der Waals surface area contributed by atoms with Gasteiger partial charge in [-0.25, -0.2) is 4.98 Å². The van der Waals surface area contributed by atoms with Gasteiger partial charge in [-0.2, -0.15) is 0 Å². The van der Waals surface area contributed by atoms with Gasteiger partial charge in [0.2, 0.25) is 0 Å². The van der Waals surface area contributed by atoms with Crippen LogP contribution in [0, 0.1) is 5.92 Å². The maximum Gasteiger partial charge on any atom is 0.252 e. The molecule has 0 radical (unpaired) electrons. The zero-order chi connectivity index (χ0) is 19.2. The number of carbonyl (C=O) groups is 1. The fraction of sp³-hybridized carbons (Fsp3) is 0.478. The van der Waals surface area contributed by atoms with E-state index in [0.717, 1.165) is 50.7 Å². The maximum absolute atomic E-state index is 12.3. The van der Waals surface area contributed by atoms with Crippen LogP contribution >= 0.6 is 0 Å². The number of amides is 1. The molecule has 4 rings (SSSR count). The topological polar surface area (TPSA) is 54.5 Å². The van der Waals surface area contributed by atoms with E-state index < -0.39 is 0 Å². The van der Waals surface area contributed by atoms with Crippen LogP contribution < -0.4 is 10.2 Å². The maximum atomic E-state index is 12.3. The van der Waals surface area contributed by atoms with Gasteiger partial charge in [-0.15, -0.1) is 0 Å². The van der Waals surface area contributed by atoms with Crippen molar-refractivity contribution in [2.24, 2.45) is 5.92 Å². The molecule has 1 amide bonds. The molecule has 1 atom stereocenters. The number of hydrogen-bond donors (Lipinski definition) is 1. The summed E-state index contributed by atoms with van der Waals surface area (Å²) in [6.07, 6.45) is 7.48. The number of aromatic nitrogens is 1. The molecule has 28 heavy (non-hydrogen) atoms. The third kappa shape index (κ3) is 4.90. The van der Waals surface area contributed by atoms with E-state index >= 15 is 0 Å². The van der Waals surface area contributed by atoms with Crippen molar-refractivity contribution in [1.29, 1.82) is 0 Å². The SMILES string of the molecule is O=C(NCC1CCCO1)c1ccc(N2CCC(Cc3ccccc3)CC2)nc1. The van der Waals surface area contributed by atoms with Crippen molar-refractivity contribution >= 4 is 11.7 Å². The van der Waals surface area contributed by atoms with Crippen LogP contribution in [0.3, 0.4) is 0 Å². The summed E-state index contributed by atoms with van der Waals surface area (Å²) in [4.78, 5) is 19.2. The highest BCUT2D eigenvalue weighted by Gasteiger charge is 2.21. The van der Waals surface area contributed by atoms with Crippen LogP contribution in [0.25, 0.3) is 0 Å². The van der Waals surface area contributed by atoms with Crippen molar-refractivity contribution in [3.63, 3.8) is 0 Å². The van der Waals surface area contributed by atoms with Gasteiger partial charge in [-0.1, -0.05) is 30.3 Å². The van der Waals surface area contributed by atoms with Gasteiger partial charge < -0.3 is 15.0 Å². The summed E-state index contributed by atoms with van der Waals surface area (Å²) >= 11 is 0. The van der Waals surface area contributed by atoms with E-state index in [1.54, 1.807) is 6.20 Å². The molecule has 2 aliphatic rings. The molecule has 1 N–H and O–H groups in total. The minimum atomic E-state index is -0.0730. The molecule has 3 heterocycles. The van der Waals surface area contributed by atoms with Crippen molar-refractivity contribution < 1.29 is 9.53 Å². The lowest BCUT2D eigenvalue weighted by atomic mass is 9.90. The normalized spacial score (nSPS) is 20.3. The quantitative estimate of drug-likeness (QED) is 0.835. The fourth-order valence-electron chi connectivity index (χ4n) is 4.13. The van der Waals surface area contributed by atoms with Crippen molar-refractivity contribution in [1.82, 2.24) is 10.3 Å². The third-order valence-electron chi connectivity index (χ3n) is 5.83. The summed E-state index contributed by atoms with van der Waals surface area (Å²) in [5, 5.41) is 2.95. The van der Waals surface area contributed by atoms with Gasteiger partial charge in [0.25, 0.3) is 5.91 Å². The Bertz CT molecular complexity index is 749. The van der Waals surface area contributed by atoms with E-state index in [2.05, 4.69) is 45.5 Å². The van der Waals surface area contributed by atoms with E-state index in [1.165, 1.54) is 18.4 Å². The van der Waals surface area contributed by atoms with Crippen LogP contribution in [0.5, 0.6) is 0 Å². The fourth-order valence-corrected chi connectivity index (χ4v) is 4.13. The van der Waals surface area contributed by atoms with Crippen LogP contribution in [-0.2, 0) is 11.2 Å². The highest BCUT2D eigenvalue weighted by molar-refractivity contribution is 5.94. The second-order valence-corrected chi connectivity index (χ2v) is 7.87. The number of rotatable bonds is 6. The van der Waals surface area contributed by atoms with Gasteiger partial charge >= 0.3 is 0 Å². The largest absolute Gasteiger partial charge is 0.376 e. The van der Waals surface area contributed by atoms with Crippen LogP contribution in [0.2, 0.25) is 0 Å². The molecule has 2 aromatic rings. The first-order valence-electron chi connectivity index (χ1n) is 10.4. The van der Waals surface area contributed by atoms with Gasteiger partial charge in [0.1, 0.15) is 5.82 Å². The van der Waals surface area contributed by atoms with Gasteiger partial charge in [-0.3, -0.25) is 4.79 Å². The first kappa shape index (κ1) is 18.9. The Kier molecular flexibility index (Phi) is 6.22. The summed E-state index contributed by atoms with van der Waals surface area (Å²) in [5.74, 6) is 1.63. The Balaban J connectivity index is 1.25. The third-order valence-corrected chi connectivity index (χ3v) is 5.83. The summed E-state index contributed by atoms with van der Waals surface area (Å²) in [6, 6.07) is 14.6. The van der Waals surface area contributed by atoms with Gasteiger partial charge in [0.15, 0.2) is 0 Å². The molecule has 1 unspecified atom stereocenters. The Morgan fingerprint density at radius 1 is 1.11 bits per heavy atom. The molecule has 0 saturated carbocycles. The minimum absolute atomic E-state index is 0.0730. The molecule has 2 aliphatic heterocycles. The minimum Gasteiger partial charge on any atom is -0.376 e. The van der Waals surface area contributed by atoms with E-state index in [0.29, 0.717) is 12.1 Å². The monoisotopic (exact) mass is 379 g/mol. The van der Waals surface area contributed by atoms with Crippen LogP contribution in [0.4, 0.5) is 5.82 Å². The average Bonchev–Trinajstić information content (AvgIpc) is 3.27. The molecule has 148 valence electrons. The van der Waals surface area contributed by atoms with Gasteiger partial charge in [-0.05, 0) is 55.7 Å². The molecule has 2 saturated heterocycles. The lowest BCUT2D eigenvalue weighted by Crippen LogP contribution is -2.35. The molecule has 5 heteroatoms. The van der Waals surface area contributed by atoms with Crippen molar-refractivity contribution in [3.8, 4) is 0 Å². The Labute approximate surface area is 167 Å². The average molecular weight is 380 g/mol. The molecule has 0 bridgehead atoms. The first-order valence-corrected chi connectivity index (χ1v) is 10.4. The van der Waals surface area contributed by atoms with Crippen molar-refractivity contribution in [2.75, 3.05) is 31.1 Å². The molecule has 5 nitrogen and oxygen atoms in total. The number of nitrogens with one attached hydrogen (secondary N) is 1. The van der Waals surface area contributed by atoms with Crippen LogP contribution in [0.15, 0.2) is 48.7 Å². The number of hydrogen-bond acceptors (Lipinski definition) is 4. The van der Waals surface area contributed by atoms with Gasteiger partial charge in [0, 0.05) is 32.4 Å². The highest BCUT2D eigenvalue weighted by Crippen LogP contribution is 2.24. The number of ether oxygens (including phenoxy) is 1. The van der Waals surface area contributed by atoms with E-state index in [4.69, 9.17) is 4.74 Å². The van der Waals surface area contributed by atoms with Crippen LogP contribution in [-0.4, -0.2) is 43.2 Å². The second-order valence-electron chi connectivity index (χ2n) is 7.87. The highest BCUT2D eigenvalue weighted by atomic mass is 16.5. The Morgan fingerprint density at radius 2 is 1.93 bits per heavy atom. The summed E-state index contributed by atoms with van der Waals surface area (Å²) < 4.78 is 5.55. The number of benzene rings is 1. The van der Waals surface area contributed by atoms with Crippen molar-refractivity contribution in [3.05, 3.63) is 59.8 Å². The summed E-state index contributed by atoms with van der Waals surface area (Å²) in [6.45, 7) is 3.43. The summed E-state index contributed by atoms with van der Waals surface area (Å²) in [5.41, 5.74) is 2.04. The number of carbonyl (C=O) groups excluding carboxylic acids is 1. The van der Waals surface area contributed by atoms with Crippen LogP contribution in [0.1, 0.15) is 41.6 Å². The van der Waals surface area contributed by atoms with Crippen molar-refractivity contribution in [2.45, 2.75) is 38.2 Å². The van der Waals surface area contributed by atoms with E-state index in [-0.39, 0.29) is 12.0 Å². The predicted molar refractivity (Wildman–Crippen MR) is 111 cm³/mol. The number of nitrogens with zero attached hydrogens (tertiary/aromatic N) is 2. The standard InChI is InChI=1S/C23H29N3O2/c27-23(25-17-21-7-4-14-28-21)20-8-9-22(24-16-20)26-12-10-19(11-13-26)15-18-5-2-1-3-6-18/h1-3,5-6,8-9,16,19,21H,4,7,10-15,17H2,(H,25,27). The number of pyridine rings is 1. The molecule has 0 spiro atoms. The lowest BCUT2D eigenvalue weighted by molar-refractivity contribution is 0.0857. The molecular weight excluding hydrogens is 350 g/mol. The zero-order valence-electron chi connectivity index (χ0n) is 16.3. The van der Waals surface area contributed by atoms with E-state index in [9.17, 15) is 4.79 Å². The second kappa shape index (κ2) is 9.20. The predicted octanol–water partition coefficient (Wildman–Crippen LogP) is 3.45. The molecule has 1 aromatic carbocycles. The molecule has 2 fully saturated rings. The summed E-state index contributed by atoms with van der Waals surface area (Å²) in [7, 11) is 0. The Morgan fingerprint density at radius 3 is 2.61 bits per heavy atom. The number of piperidine rings is 1. The lowest BCUT2D eigenvalue weighted by Gasteiger charge is -2.33.